The lowest BCUT2D eigenvalue weighted by molar-refractivity contribution is 0.100. The van der Waals surface area contributed by atoms with Crippen LogP contribution in [0.2, 0.25) is 5.28 Å². The smallest absolute Gasteiger partial charge is 0.254 e. The van der Waals surface area contributed by atoms with Gasteiger partial charge >= 0.3 is 0 Å². The molecule has 6 heteroatoms. The fourth-order valence-corrected chi connectivity index (χ4v) is 2.25. The standard InChI is InChI=1S/C15H17ClN4O/c1-9(2)11-6-4-3-5-10(11)7-18-14-12(13(17)21)8-19-15(16)20-14/h3-6,8-9H,7H2,1-2H3,(H2,17,21)(H,18,19,20). The van der Waals surface area contributed by atoms with Gasteiger partial charge in [0.2, 0.25) is 5.28 Å². The van der Waals surface area contributed by atoms with Gasteiger partial charge in [0.1, 0.15) is 5.82 Å². The summed E-state index contributed by atoms with van der Waals surface area (Å²) in [5.74, 6) is 0.167. The molecule has 0 bridgehead atoms. The molecule has 1 amide bonds. The van der Waals surface area contributed by atoms with E-state index < -0.39 is 5.91 Å². The predicted molar refractivity (Wildman–Crippen MR) is 83.4 cm³/mol. The largest absolute Gasteiger partial charge is 0.365 e. The van der Waals surface area contributed by atoms with E-state index in [2.05, 4.69) is 35.2 Å². The molecule has 110 valence electrons. The van der Waals surface area contributed by atoms with Crippen LogP contribution in [0, 0.1) is 0 Å². The Morgan fingerprint density at radius 1 is 1.38 bits per heavy atom. The highest BCUT2D eigenvalue weighted by Gasteiger charge is 2.12. The average Bonchev–Trinajstić information content (AvgIpc) is 2.45. The second-order valence-corrected chi connectivity index (χ2v) is 5.31. The molecule has 0 radical (unpaired) electrons. The van der Waals surface area contributed by atoms with Crippen molar-refractivity contribution in [3.63, 3.8) is 0 Å². The fraction of sp³-hybridized carbons (Fsp3) is 0.267. The van der Waals surface area contributed by atoms with E-state index in [0.717, 1.165) is 5.56 Å². The zero-order valence-corrected chi connectivity index (χ0v) is 12.7. The van der Waals surface area contributed by atoms with Crippen LogP contribution in [0.15, 0.2) is 30.5 Å². The third-order valence-corrected chi connectivity index (χ3v) is 3.33. The van der Waals surface area contributed by atoms with E-state index in [1.165, 1.54) is 11.8 Å². The lowest BCUT2D eigenvalue weighted by Crippen LogP contribution is -2.16. The molecule has 2 aromatic rings. The monoisotopic (exact) mass is 304 g/mol. The van der Waals surface area contributed by atoms with Crippen molar-refractivity contribution in [1.29, 1.82) is 0 Å². The normalized spacial score (nSPS) is 10.7. The van der Waals surface area contributed by atoms with Crippen molar-refractivity contribution in [2.75, 3.05) is 5.32 Å². The number of rotatable bonds is 5. The predicted octanol–water partition coefficient (Wildman–Crippen LogP) is 2.96. The molecule has 0 unspecified atom stereocenters. The molecule has 0 atom stereocenters. The van der Waals surface area contributed by atoms with Crippen molar-refractivity contribution in [3.8, 4) is 0 Å². The molecule has 0 spiro atoms. The minimum atomic E-state index is -0.591. The molecular formula is C15H17ClN4O. The molecule has 1 aromatic carbocycles. The summed E-state index contributed by atoms with van der Waals surface area (Å²) in [7, 11) is 0. The molecule has 21 heavy (non-hydrogen) atoms. The number of nitrogens with two attached hydrogens (primary N) is 1. The van der Waals surface area contributed by atoms with Crippen LogP contribution in [-0.2, 0) is 6.54 Å². The topological polar surface area (TPSA) is 80.9 Å². The Balaban J connectivity index is 2.25. The maximum atomic E-state index is 11.4. The highest BCUT2D eigenvalue weighted by Crippen LogP contribution is 2.21. The van der Waals surface area contributed by atoms with E-state index in [4.69, 9.17) is 17.3 Å². The average molecular weight is 305 g/mol. The summed E-state index contributed by atoms with van der Waals surface area (Å²) in [5, 5.41) is 3.18. The number of halogens is 1. The van der Waals surface area contributed by atoms with E-state index in [1.54, 1.807) is 0 Å². The highest BCUT2D eigenvalue weighted by molar-refractivity contribution is 6.28. The van der Waals surface area contributed by atoms with Crippen LogP contribution in [0.1, 0.15) is 41.3 Å². The van der Waals surface area contributed by atoms with Gasteiger partial charge in [0.15, 0.2) is 0 Å². The van der Waals surface area contributed by atoms with Gasteiger partial charge in [-0.15, -0.1) is 0 Å². The lowest BCUT2D eigenvalue weighted by atomic mass is 9.97. The molecule has 1 heterocycles. The molecular weight excluding hydrogens is 288 g/mol. The maximum Gasteiger partial charge on any atom is 0.254 e. The summed E-state index contributed by atoms with van der Waals surface area (Å²) in [6.07, 6.45) is 1.33. The molecule has 3 N–H and O–H groups in total. The SMILES string of the molecule is CC(C)c1ccccc1CNc1nc(Cl)ncc1C(N)=O. The number of benzene rings is 1. The fourth-order valence-electron chi connectivity index (χ4n) is 2.11. The van der Waals surface area contributed by atoms with Crippen molar-refractivity contribution in [3.05, 3.63) is 52.4 Å². The molecule has 0 aliphatic rings. The van der Waals surface area contributed by atoms with E-state index in [-0.39, 0.29) is 10.8 Å². The zero-order chi connectivity index (χ0) is 15.4. The summed E-state index contributed by atoms with van der Waals surface area (Å²) < 4.78 is 0. The van der Waals surface area contributed by atoms with E-state index in [1.807, 2.05) is 18.2 Å². The van der Waals surface area contributed by atoms with Gasteiger partial charge in [-0.2, -0.15) is 4.98 Å². The number of nitrogens with zero attached hydrogens (tertiary/aromatic N) is 2. The van der Waals surface area contributed by atoms with Crippen LogP contribution in [-0.4, -0.2) is 15.9 Å². The minimum absolute atomic E-state index is 0.0691. The van der Waals surface area contributed by atoms with Gasteiger partial charge in [-0.25, -0.2) is 4.98 Å². The Labute approximate surface area is 128 Å². The van der Waals surface area contributed by atoms with Crippen LogP contribution in [0.5, 0.6) is 0 Å². The summed E-state index contributed by atoms with van der Waals surface area (Å²) in [6, 6.07) is 8.11. The molecule has 0 aliphatic carbocycles. The second-order valence-electron chi connectivity index (χ2n) is 4.97. The van der Waals surface area contributed by atoms with Crippen LogP contribution in [0.4, 0.5) is 5.82 Å². The van der Waals surface area contributed by atoms with Crippen molar-refractivity contribution in [2.24, 2.45) is 5.73 Å². The van der Waals surface area contributed by atoms with Gasteiger partial charge in [-0.3, -0.25) is 4.79 Å². The van der Waals surface area contributed by atoms with Crippen molar-refractivity contribution in [2.45, 2.75) is 26.3 Å². The van der Waals surface area contributed by atoms with Gasteiger partial charge in [-0.1, -0.05) is 38.1 Å². The number of primary amides is 1. The second kappa shape index (κ2) is 6.54. The summed E-state index contributed by atoms with van der Waals surface area (Å²) in [6.45, 7) is 4.80. The van der Waals surface area contributed by atoms with E-state index in [0.29, 0.717) is 18.3 Å². The number of aromatic nitrogens is 2. The van der Waals surface area contributed by atoms with Crippen molar-refractivity contribution >= 4 is 23.3 Å². The first-order valence-corrected chi connectivity index (χ1v) is 7.01. The molecule has 5 nitrogen and oxygen atoms in total. The molecule has 0 saturated carbocycles. The number of carbonyl (C=O) groups excluding carboxylic acids is 1. The molecule has 0 aliphatic heterocycles. The third-order valence-electron chi connectivity index (χ3n) is 3.15. The Bertz CT molecular complexity index is 658. The number of nitrogens with one attached hydrogen (secondary N) is 1. The van der Waals surface area contributed by atoms with Gasteiger partial charge in [-0.05, 0) is 28.6 Å². The number of carbonyl (C=O) groups is 1. The Morgan fingerprint density at radius 2 is 2.10 bits per heavy atom. The van der Waals surface area contributed by atoms with Gasteiger partial charge in [0.05, 0.1) is 5.56 Å². The number of amides is 1. The van der Waals surface area contributed by atoms with E-state index in [9.17, 15) is 4.79 Å². The quantitative estimate of drug-likeness (QED) is 0.832. The first-order chi connectivity index (χ1) is 9.99. The van der Waals surface area contributed by atoms with E-state index >= 15 is 0 Å². The number of hydrogen-bond donors (Lipinski definition) is 2. The minimum Gasteiger partial charge on any atom is -0.365 e. The van der Waals surface area contributed by atoms with Crippen LogP contribution in [0.3, 0.4) is 0 Å². The number of anilines is 1. The zero-order valence-electron chi connectivity index (χ0n) is 11.9. The highest BCUT2D eigenvalue weighted by atomic mass is 35.5. The van der Waals surface area contributed by atoms with Crippen LogP contribution < -0.4 is 11.1 Å². The summed E-state index contributed by atoms with van der Waals surface area (Å²) in [5.41, 5.74) is 7.91. The summed E-state index contributed by atoms with van der Waals surface area (Å²) >= 11 is 5.77. The Kier molecular flexibility index (Phi) is 4.75. The molecule has 0 fully saturated rings. The van der Waals surface area contributed by atoms with Gasteiger partial charge in [0, 0.05) is 12.7 Å². The third kappa shape index (κ3) is 3.70. The van der Waals surface area contributed by atoms with Crippen molar-refractivity contribution in [1.82, 2.24) is 9.97 Å². The lowest BCUT2D eigenvalue weighted by Gasteiger charge is -2.14. The molecule has 2 rings (SSSR count). The van der Waals surface area contributed by atoms with Crippen LogP contribution in [0.25, 0.3) is 0 Å². The maximum absolute atomic E-state index is 11.4. The van der Waals surface area contributed by atoms with Gasteiger partial charge in [0.25, 0.3) is 5.91 Å². The first-order valence-electron chi connectivity index (χ1n) is 6.63. The Morgan fingerprint density at radius 3 is 2.76 bits per heavy atom. The Hall–Kier alpha value is -2.14. The van der Waals surface area contributed by atoms with Crippen LogP contribution >= 0.6 is 11.6 Å². The number of hydrogen-bond acceptors (Lipinski definition) is 4. The van der Waals surface area contributed by atoms with Gasteiger partial charge < -0.3 is 11.1 Å². The first kappa shape index (κ1) is 15.3. The van der Waals surface area contributed by atoms with Crippen molar-refractivity contribution < 1.29 is 4.79 Å². The molecule has 0 saturated heterocycles. The summed E-state index contributed by atoms with van der Waals surface area (Å²) in [4.78, 5) is 19.2. The molecule has 1 aromatic heterocycles.